The van der Waals surface area contributed by atoms with E-state index in [0.717, 1.165) is 48.0 Å². The molecule has 1 aromatic heterocycles. The highest BCUT2D eigenvalue weighted by atomic mass is 19.1. The van der Waals surface area contributed by atoms with E-state index in [-0.39, 0.29) is 17.6 Å². The molecule has 2 N–H and O–H groups in total. The highest BCUT2D eigenvalue weighted by Crippen LogP contribution is 2.34. The molecule has 1 fully saturated rings. The number of nitrogens with zero attached hydrogens (tertiary/aromatic N) is 1. The predicted octanol–water partition coefficient (Wildman–Crippen LogP) is 5.77. The highest BCUT2D eigenvalue weighted by Gasteiger charge is 2.23. The van der Waals surface area contributed by atoms with Gasteiger partial charge >= 0.3 is 0 Å². The summed E-state index contributed by atoms with van der Waals surface area (Å²) in [6.07, 6.45) is 8.04. The topological polar surface area (TPSA) is 48.1 Å². The molecule has 0 spiro atoms. The number of H-pyrrole nitrogens is 1. The number of hydrogen-bond acceptors (Lipinski definition) is 2. The van der Waals surface area contributed by atoms with Crippen molar-refractivity contribution in [3.8, 4) is 0 Å². The van der Waals surface area contributed by atoms with Crippen molar-refractivity contribution in [1.29, 1.82) is 0 Å². The average molecular weight is 450 g/mol. The molecule has 2 atom stereocenters. The number of carbonyl (C=O) groups excluding carboxylic acids is 1. The van der Waals surface area contributed by atoms with Crippen LogP contribution in [-0.2, 0) is 11.2 Å². The number of aryl methyl sites for hydroxylation is 1. The summed E-state index contributed by atoms with van der Waals surface area (Å²) in [7, 11) is 0. The monoisotopic (exact) mass is 449 g/mol. The van der Waals surface area contributed by atoms with Gasteiger partial charge in [-0.05, 0) is 68.0 Å². The molecule has 0 radical (unpaired) electrons. The Morgan fingerprint density at radius 1 is 1.24 bits per heavy atom. The van der Waals surface area contributed by atoms with E-state index in [9.17, 15) is 9.18 Å². The Morgan fingerprint density at radius 2 is 2.09 bits per heavy atom. The minimum atomic E-state index is -0.275. The van der Waals surface area contributed by atoms with E-state index < -0.39 is 0 Å². The van der Waals surface area contributed by atoms with Gasteiger partial charge in [0.05, 0.1) is 0 Å². The number of hydrogen-bond donors (Lipinski definition) is 2. The van der Waals surface area contributed by atoms with Crippen molar-refractivity contribution in [2.45, 2.75) is 64.3 Å². The zero-order chi connectivity index (χ0) is 23.2. The largest absolute Gasteiger partial charge is 0.361 e. The van der Waals surface area contributed by atoms with Gasteiger partial charge < -0.3 is 15.2 Å². The lowest BCUT2D eigenvalue weighted by atomic mass is 9.87. The second-order valence-electron chi connectivity index (χ2n) is 9.33. The van der Waals surface area contributed by atoms with Crippen LogP contribution in [0.15, 0.2) is 48.7 Å². The van der Waals surface area contributed by atoms with Gasteiger partial charge in [0, 0.05) is 48.6 Å². The van der Waals surface area contributed by atoms with Crippen molar-refractivity contribution in [2.75, 3.05) is 19.6 Å². The molecular weight excluding hydrogens is 413 g/mol. The number of halogens is 1. The summed E-state index contributed by atoms with van der Waals surface area (Å²) >= 11 is 0. The number of nitrogens with one attached hydrogen (secondary N) is 2. The van der Waals surface area contributed by atoms with Crippen LogP contribution >= 0.6 is 0 Å². The van der Waals surface area contributed by atoms with Crippen LogP contribution in [-0.4, -0.2) is 41.5 Å². The number of aromatic nitrogens is 1. The third kappa shape index (κ3) is 5.64. The van der Waals surface area contributed by atoms with Crippen LogP contribution in [0.5, 0.6) is 0 Å². The fourth-order valence-corrected chi connectivity index (χ4v) is 5.21. The lowest BCUT2D eigenvalue weighted by molar-refractivity contribution is -0.121. The molecule has 5 heteroatoms. The number of benzene rings is 2. The van der Waals surface area contributed by atoms with Gasteiger partial charge in [-0.3, -0.25) is 4.79 Å². The molecule has 1 saturated heterocycles. The fraction of sp³-hybridized carbons (Fsp3) is 0.464. The number of fused-ring (bicyclic) bond motifs is 1. The maximum Gasteiger partial charge on any atom is 0.220 e. The van der Waals surface area contributed by atoms with E-state index >= 15 is 0 Å². The second kappa shape index (κ2) is 11.0. The van der Waals surface area contributed by atoms with Gasteiger partial charge in [0.2, 0.25) is 5.91 Å². The number of amides is 1. The number of rotatable bonds is 9. The van der Waals surface area contributed by atoms with E-state index in [1.807, 2.05) is 12.3 Å². The van der Waals surface area contributed by atoms with Crippen molar-refractivity contribution in [1.82, 2.24) is 15.2 Å². The average Bonchev–Trinajstić information content (AvgIpc) is 3.25. The third-order valence-corrected chi connectivity index (χ3v) is 7.12. The molecule has 2 aromatic carbocycles. The van der Waals surface area contributed by atoms with E-state index in [0.29, 0.717) is 19.0 Å². The molecule has 0 bridgehead atoms. The summed E-state index contributed by atoms with van der Waals surface area (Å²) in [6, 6.07) is 13.6. The summed E-state index contributed by atoms with van der Waals surface area (Å²) in [5, 5.41) is 4.22. The molecule has 0 saturated carbocycles. The molecule has 4 nitrogen and oxygen atoms in total. The maximum atomic E-state index is 14.1. The predicted molar refractivity (Wildman–Crippen MR) is 133 cm³/mol. The summed E-state index contributed by atoms with van der Waals surface area (Å²) in [5.74, 6) is -0.469. The van der Waals surface area contributed by atoms with Gasteiger partial charge in [-0.1, -0.05) is 43.7 Å². The Balaban J connectivity index is 1.46. The molecule has 4 rings (SSSR count). The second-order valence-corrected chi connectivity index (χ2v) is 9.33. The number of para-hydroxylation sites is 1. The van der Waals surface area contributed by atoms with Crippen molar-refractivity contribution >= 4 is 16.8 Å². The summed E-state index contributed by atoms with van der Waals surface area (Å²) in [4.78, 5) is 18.9. The van der Waals surface area contributed by atoms with Crippen molar-refractivity contribution < 1.29 is 9.18 Å². The Kier molecular flexibility index (Phi) is 7.81. The summed E-state index contributed by atoms with van der Waals surface area (Å²) in [6.45, 7) is 7.30. The first-order valence-electron chi connectivity index (χ1n) is 12.4. The molecule has 1 amide bonds. The highest BCUT2D eigenvalue weighted by molar-refractivity contribution is 5.88. The normalized spacial score (nSPS) is 17.8. The first kappa shape index (κ1) is 23.5. The van der Waals surface area contributed by atoms with Crippen LogP contribution < -0.4 is 5.32 Å². The molecule has 33 heavy (non-hydrogen) atoms. The van der Waals surface area contributed by atoms with E-state index in [1.54, 1.807) is 12.1 Å². The lowest BCUT2D eigenvalue weighted by Gasteiger charge is -2.33. The third-order valence-electron chi connectivity index (χ3n) is 7.12. The number of likely N-dealkylation sites (tertiary alicyclic amines) is 1. The molecule has 1 aliphatic heterocycles. The van der Waals surface area contributed by atoms with Gasteiger partial charge in [-0.25, -0.2) is 4.39 Å². The number of aromatic amines is 1. The zero-order valence-electron chi connectivity index (χ0n) is 19.9. The number of carbonyl (C=O) groups is 1. The van der Waals surface area contributed by atoms with Crippen LogP contribution in [0, 0.1) is 5.82 Å². The van der Waals surface area contributed by atoms with Crippen molar-refractivity contribution in [3.63, 3.8) is 0 Å². The summed E-state index contributed by atoms with van der Waals surface area (Å²) < 4.78 is 14.1. The SMILES string of the molecule is CCc1cccc2c([C@@H](CC(=O)NCCCN3CCCC[C@H]3C)c3cccc(F)c3)c[nH]c12. The fourth-order valence-electron chi connectivity index (χ4n) is 5.21. The van der Waals surface area contributed by atoms with E-state index in [1.165, 1.54) is 30.9 Å². The van der Waals surface area contributed by atoms with Gasteiger partial charge in [0.15, 0.2) is 0 Å². The molecular formula is C28H36FN3O. The van der Waals surface area contributed by atoms with Gasteiger partial charge in [0.25, 0.3) is 0 Å². The zero-order valence-corrected chi connectivity index (χ0v) is 19.9. The van der Waals surface area contributed by atoms with Crippen LogP contribution in [0.25, 0.3) is 10.9 Å². The Hall–Kier alpha value is -2.66. The van der Waals surface area contributed by atoms with Crippen molar-refractivity contribution in [3.05, 3.63) is 71.2 Å². The molecule has 0 unspecified atom stereocenters. The first-order valence-corrected chi connectivity index (χ1v) is 12.4. The standard InChI is InChI=1S/C28H36FN3O/c1-3-21-10-7-13-24-26(19-31-28(21)24)25(22-11-6-12-23(29)17-22)18-27(33)30-14-8-16-32-15-5-4-9-20(32)2/h6-7,10-13,17,19-20,25,31H,3-5,8-9,14-16,18H2,1-2H3,(H,30,33)/t20-,25+/m1/s1. The molecule has 2 heterocycles. The summed E-state index contributed by atoms with van der Waals surface area (Å²) in [5.41, 5.74) is 4.22. The quantitative estimate of drug-likeness (QED) is 0.407. The van der Waals surface area contributed by atoms with Gasteiger partial charge in [0.1, 0.15) is 5.82 Å². The van der Waals surface area contributed by atoms with E-state index in [2.05, 4.69) is 47.2 Å². The van der Waals surface area contributed by atoms with Crippen molar-refractivity contribution in [2.24, 2.45) is 0 Å². The first-order chi connectivity index (χ1) is 16.1. The van der Waals surface area contributed by atoms with E-state index in [4.69, 9.17) is 0 Å². The molecule has 0 aliphatic carbocycles. The van der Waals surface area contributed by atoms with Gasteiger partial charge in [-0.15, -0.1) is 0 Å². The molecule has 176 valence electrons. The van der Waals surface area contributed by atoms with Crippen LogP contribution in [0.3, 0.4) is 0 Å². The Morgan fingerprint density at radius 3 is 2.88 bits per heavy atom. The minimum absolute atomic E-state index is 0.0111. The smallest absolute Gasteiger partial charge is 0.220 e. The Labute approximate surface area is 196 Å². The van der Waals surface area contributed by atoms with Crippen LogP contribution in [0.2, 0.25) is 0 Å². The maximum absolute atomic E-state index is 14.1. The van der Waals surface area contributed by atoms with Gasteiger partial charge in [-0.2, -0.15) is 0 Å². The number of piperidine rings is 1. The van der Waals surface area contributed by atoms with Crippen LogP contribution in [0.1, 0.15) is 68.6 Å². The van der Waals surface area contributed by atoms with Crippen LogP contribution in [0.4, 0.5) is 4.39 Å². The lowest BCUT2D eigenvalue weighted by Crippen LogP contribution is -2.39. The molecule has 1 aliphatic rings. The Bertz CT molecular complexity index is 1080. The molecule has 3 aromatic rings. The minimum Gasteiger partial charge on any atom is -0.361 e.